The summed E-state index contributed by atoms with van der Waals surface area (Å²) in [4.78, 5) is 56.2. The van der Waals surface area contributed by atoms with Gasteiger partial charge in [-0.25, -0.2) is 19.3 Å². The molecule has 0 spiro atoms. The van der Waals surface area contributed by atoms with Gasteiger partial charge in [-0.15, -0.1) is 0 Å². The zero-order chi connectivity index (χ0) is 43.7. The number of benzene rings is 1. The van der Waals surface area contributed by atoms with Crippen LogP contribution in [0.4, 0.5) is 22.0 Å². The molecule has 1 aromatic carbocycles. The Kier molecular flexibility index (Phi) is 10.1. The lowest BCUT2D eigenvalue weighted by Crippen LogP contribution is -2.49. The number of likely N-dealkylation sites (tertiary alicyclic amines) is 1. The van der Waals surface area contributed by atoms with E-state index in [4.69, 9.17) is 15.1 Å². The van der Waals surface area contributed by atoms with Gasteiger partial charge in [0.1, 0.15) is 11.5 Å². The average molecular weight is 863 g/mol. The number of piperidine rings is 2. The zero-order valence-corrected chi connectivity index (χ0v) is 36.5. The third-order valence-corrected chi connectivity index (χ3v) is 14.3. The first-order valence-electron chi connectivity index (χ1n) is 22.8. The molecule has 0 bridgehead atoms. The Morgan fingerprint density at radius 3 is 2.41 bits per heavy atom. The van der Waals surface area contributed by atoms with Crippen molar-refractivity contribution in [3.63, 3.8) is 0 Å². The van der Waals surface area contributed by atoms with Gasteiger partial charge in [-0.05, 0) is 97.9 Å². The molecular weight excluding hydrogens is 809 g/mol. The third kappa shape index (κ3) is 7.31. The van der Waals surface area contributed by atoms with Crippen molar-refractivity contribution in [2.24, 2.45) is 11.3 Å². The molecule has 64 heavy (non-hydrogen) atoms. The van der Waals surface area contributed by atoms with Crippen LogP contribution in [0.3, 0.4) is 0 Å². The van der Waals surface area contributed by atoms with Crippen LogP contribution in [-0.2, 0) is 30.8 Å². The summed E-state index contributed by atoms with van der Waals surface area (Å²) in [5.41, 5.74) is 9.72. The van der Waals surface area contributed by atoms with Crippen LogP contribution >= 0.6 is 0 Å². The summed E-state index contributed by atoms with van der Waals surface area (Å²) in [7, 11) is 0. The van der Waals surface area contributed by atoms with E-state index in [9.17, 15) is 19.5 Å². The Bertz CT molecular complexity index is 2770. The van der Waals surface area contributed by atoms with E-state index < -0.39 is 0 Å². The second kappa shape index (κ2) is 16.0. The fourth-order valence-corrected chi connectivity index (χ4v) is 10.9. The minimum Gasteiger partial charge on any atom is -0.392 e. The molecule has 16 heteroatoms. The number of fused-ring (bicyclic) bond motifs is 4. The molecule has 4 amide bonds. The molecule has 0 radical (unpaired) electrons. The molecule has 5 aliphatic rings. The largest absolute Gasteiger partial charge is 0.392 e. The van der Waals surface area contributed by atoms with Crippen LogP contribution in [0.1, 0.15) is 79.3 Å². The number of nitrogens with one attached hydrogen (secondary N) is 1. The highest BCUT2D eigenvalue weighted by molar-refractivity contribution is 6.07. The van der Waals surface area contributed by atoms with Crippen molar-refractivity contribution in [3.05, 3.63) is 96.0 Å². The van der Waals surface area contributed by atoms with Crippen molar-refractivity contribution >= 4 is 40.6 Å². The fourth-order valence-electron chi connectivity index (χ4n) is 10.9. The highest BCUT2D eigenvalue weighted by Gasteiger charge is 2.38. The smallest absolute Gasteiger partial charge is 0.328 e. The predicted molar refractivity (Wildman–Crippen MR) is 242 cm³/mol. The number of amides is 4. The van der Waals surface area contributed by atoms with Gasteiger partial charge < -0.3 is 19.5 Å². The molecule has 5 aromatic heterocycles. The standard InChI is InChI=1S/C48H54N12O4/c1-48(2)24-32-23-41-46(63)58(22-21-57(41)42(32)25-48)45-38(30-61)37(7-14-49-45)44-40-8-15-50-60(40)29-39(52-44)33-26-51-59(28-33)36-11-16-54(17-12-36)27-31-9-18-55(19-10-31)34-3-5-35(6-4-34)56-20-13-43(62)53-47(56)64/h3-8,14-15,23,26,28-29,31,36,61H,9-13,16-22,24-25,27,30H2,1-2H3,(H,53,62,64). The molecule has 3 saturated heterocycles. The van der Waals surface area contributed by atoms with Crippen molar-refractivity contribution in [3.8, 4) is 22.5 Å². The van der Waals surface area contributed by atoms with Crippen molar-refractivity contribution in [2.75, 3.05) is 60.5 Å². The van der Waals surface area contributed by atoms with Crippen LogP contribution in [0, 0.1) is 11.3 Å². The van der Waals surface area contributed by atoms with Gasteiger partial charge in [0.2, 0.25) is 5.91 Å². The highest BCUT2D eigenvalue weighted by atomic mass is 16.3. The van der Waals surface area contributed by atoms with Gasteiger partial charge in [0, 0.05) is 105 Å². The fraction of sp³-hybridized carbons (Fsp3) is 0.438. The van der Waals surface area contributed by atoms with Gasteiger partial charge in [0.25, 0.3) is 5.91 Å². The van der Waals surface area contributed by atoms with E-state index in [1.54, 1.807) is 22.2 Å². The predicted octanol–water partition coefficient (Wildman–Crippen LogP) is 5.73. The minimum atomic E-state index is -0.356. The van der Waals surface area contributed by atoms with Crippen LogP contribution in [0.25, 0.3) is 28.0 Å². The molecule has 6 aromatic rings. The summed E-state index contributed by atoms with van der Waals surface area (Å²) in [5, 5.41) is 22.8. The Morgan fingerprint density at radius 1 is 0.828 bits per heavy atom. The van der Waals surface area contributed by atoms with Crippen molar-refractivity contribution in [1.82, 2.24) is 44.1 Å². The molecule has 11 rings (SSSR count). The first-order chi connectivity index (χ1) is 31.1. The third-order valence-electron chi connectivity index (χ3n) is 14.3. The number of aromatic nitrogens is 7. The summed E-state index contributed by atoms with van der Waals surface area (Å²) in [6, 6.07) is 13.9. The van der Waals surface area contributed by atoms with Crippen molar-refractivity contribution in [1.29, 1.82) is 0 Å². The number of hydrogen-bond donors (Lipinski definition) is 2. The van der Waals surface area contributed by atoms with Crippen LogP contribution in [-0.4, -0.2) is 108 Å². The molecule has 2 N–H and O–H groups in total. The number of nitrogens with zero attached hydrogens (tertiary/aromatic N) is 11. The summed E-state index contributed by atoms with van der Waals surface area (Å²) < 4.78 is 6.11. The average Bonchev–Trinajstić information content (AvgIpc) is 4.11. The van der Waals surface area contributed by atoms with E-state index in [0.717, 1.165) is 93.7 Å². The molecule has 0 atom stereocenters. The number of urea groups is 1. The van der Waals surface area contributed by atoms with E-state index in [1.807, 2.05) is 41.2 Å². The van der Waals surface area contributed by atoms with Crippen LogP contribution in [0.5, 0.6) is 0 Å². The molecule has 4 aliphatic heterocycles. The molecule has 3 fully saturated rings. The Balaban J connectivity index is 0.738. The lowest BCUT2D eigenvalue weighted by atomic mass is 9.90. The van der Waals surface area contributed by atoms with Crippen molar-refractivity contribution in [2.45, 2.75) is 78.0 Å². The van der Waals surface area contributed by atoms with Crippen LogP contribution in [0.2, 0.25) is 0 Å². The first kappa shape index (κ1) is 40.4. The summed E-state index contributed by atoms with van der Waals surface area (Å²) >= 11 is 0. The highest BCUT2D eigenvalue weighted by Crippen LogP contribution is 2.41. The number of imide groups is 1. The SMILES string of the molecule is CC1(C)Cc2cc3n(c2C1)CCN(c1nccc(-c2nc(-c4cnn(C5CCN(CC6CCN(c7ccc(N8CCC(=O)NC8=O)cc7)CC6)CC5)c4)cn4nccc24)c1CO)C3=O. The van der Waals surface area contributed by atoms with E-state index in [1.165, 1.54) is 16.9 Å². The topological polar surface area (TPSA) is 162 Å². The van der Waals surface area contributed by atoms with Crippen LogP contribution < -0.4 is 20.0 Å². The Morgan fingerprint density at radius 2 is 1.62 bits per heavy atom. The molecule has 0 unspecified atom stereocenters. The number of anilines is 3. The molecule has 1 aliphatic carbocycles. The van der Waals surface area contributed by atoms with E-state index >= 15 is 0 Å². The second-order valence-electron chi connectivity index (χ2n) is 19.0. The van der Waals surface area contributed by atoms with E-state index in [0.29, 0.717) is 66.3 Å². The number of carbonyl (C=O) groups excluding carboxylic acids is 3. The summed E-state index contributed by atoms with van der Waals surface area (Å²) in [6.07, 6.45) is 15.9. The second-order valence-corrected chi connectivity index (χ2v) is 19.0. The van der Waals surface area contributed by atoms with E-state index in [-0.39, 0.29) is 29.9 Å². The van der Waals surface area contributed by atoms with Gasteiger partial charge in [0.05, 0.1) is 48.1 Å². The summed E-state index contributed by atoms with van der Waals surface area (Å²) in [6.45, 7) is 11.0. The number of pyridine rings is 1. The Labute approximate surface area is 371 Å². The number of hydrogen-bond acceptors (Lipinski definition) is 10. The molecule has 9 heterocycles. The van der Waals surface area contributed by atoms with Gasteiger partial charge in [-0.3, -0.25) is 29.4 Å². The first-order valence-corrected chi connectivity index (χ1v) is 22.8. The maximum absolute atomic E-state index is 14.1. The van der Waals surface area contributed by atoms with Gasteiger partial charge >= 0.3 is 6.03 Å². The van der Waals surface area contributed by atoms with Crippen LogP contribution in [0.15, 0.2) is 73.4 Å². The van der Waals surface area contributed by atoms with Gasteiger partial charge in [-0.1, -0.05) is 13.8 Å². The molecule has 330 valence electrons. The number of aliphatic hydroxyl groups is 1. The van der Waals surface area contributed by atoms with E-state index in [2.05, 4.69) is 67.7 Å². The zero-order valence-electron chi connectivity index (χ0n) is 36.5. The van der Waals surface area contributed by atoms with Gasteiger partial charge in [0.15, 0.2) is 0 Å². The number of carbonyl (C=O) groups is 3. The monoisotopic (exact) mass is 862 g/mol. The molecule has 16 nitrogen and oxygen atoms in total. The van der Waals surface area contributed by atoms with Gasteiger partial charge in [-0.2, -0.15) is 10.2 Å². The maximum Gasteiger partial charge on any atom is 0.328 e. The lowest BCUT2D eigenvalue weighted by Gasteiger charge is -2.38. The minimum absolute atomic E-state index is 0.0963. The maximum atomic E-state index is 14.1. The molecule has 0 saturated carbocycles. The summed E-state index contributed by atoms with van der Waals surface area (Å²) in [5.74, 6) is 0.793. The lowest BCUT2D eigenvalue weighted by molar-refractivity contribution is -0.120. The quantitative estimate of drug-likeness (QED) is 0.184. The number of aliphatic hydroxyl groups excluding tert-OH is 1. The van der Waals surface area contributed by atoms with Crippen molar-refractivity contribution < 1.29 is 19.5 Å². The number of rotatable bonds is 9. The Hall–Kier alpha value is -6.39. The normalized spacial score (nSPS) is 19.7. The molecular formula is C48H54N12O4.